The van der Waals surface area contributed by atoms with Gasteiger partial charge in [-0.1, -0.05) is 12.8 Å². The molecule has 1 aromatic rings. The van der Waals surface area contributed by atoms with Gasteiger partial charge in [-0.2, -0.15) is 0 Å². The van der Waals surface area contributed by atoms with Crippen LogP contribution in [0.15, 0.2) is 16.5 Å². The Labute approximate surface area is 118 Å². The fourth-order valence-corrected chi connectivity index (χ4v) is 3.27. The second-order valence-corrected chi connectivity index (χ2v) is 5.71. The molecule has 1 aromatic heterocycles. The first-order chi connectivity index (χ1) is 9.71. The molecule has 2 heterocycles. The van der Waals surface area contributed by atoms with E-state index in [9.17, 15) is 4.79 Å². The van der Waals surface area contributed by atoms with Gasteiger partial charge in [-0.25, -0.2) is 4.79 Å². The third-order valence-corrected chi connectivity index (χ3v) is 4.27. The molecule has 2 aliphatic rings. The topological polar surface area (TPSA) is 51.9 Å². The van der Waals surface area contributed by atoms with Gasteiger partial charge >= 0.3 is 5.97 Å². The number of ether oxygens (including phenoxy) is 2. The maximum Gasteiger partial charge on any atom is 0.373 e. The summed E-state index contributed by atoms with van der Waals surface area (Å²) in [6.45, 7) is 3.38. The summed E-state index contributed by atoms with van der Waals surface area (Å²) in [4.78, 5) is 13.7. The van der Waals surface area contributed by atoms with Crippen LogP contribution in [0.5, 0.6) is 0 Å². The highest BCUT2D eigenvalue weighted by Crippen LogP contribution is 2.36. The number of furan rings is 1. The first-order valence-corrected chi connectivity index (χ1v) is 7.24. The van der Waals surface area contributed by atoms with Crippen molar-refractivity contribution < 1.29 is 18.7 Å². The van der Waals surface area contributed by atoms with Gasteiger partial charge in [-0.3, -0.25) is 4.90 Å². The van der Waals surface area contributed by atoms with E-state index < -0.39 is 5.97 Å². The summed E-state index contributed by atoms with van der Waals surface area (Å²) in [5, 5.41) is 0. The van der Waals surface area contributed by atoms with E-state index in [-0.39, 0.29) is 11.4 Å². The van der Waals surface area contributed by atoms with Crippen molar-refractivity contribution in [2.45, 2.75) is 37.8 Å². The lowest BCUT2D eigenvalue weighted by molar-refractivity contribution is -0.108. The average Bonchev–Trinajstić information content (AvgIpc) is 3.08. The fraction of sp³-hybridized carbons (Fsp3) is 0.667. The van der Waals surface area contributed by atoms with Gasteiger partial charge in [-0.05, 0) is 25.0 Å². The maximum absolute atomic E-state index is 11.4. The van der Waals surface area contributed by atoms with Crippen LogP contribution >= 0.6 is 0 Å². The minimum atomic E-state index is -0.425. The van der Waals surface area contributed by atoms with Crippen LogP contribution in [-0.4, -0.2) is 43.3 Å². The van der Waals surface area contributed by atoms with Gasteiger partial charge < -0.3 is 13.9 Å². The number of methoxy groups -OCH3 is 1. The van der Waals surface area contributed by atoms with Crippen LogP contribution in [0.4, 0.5) is 0 Å². The van der Waals surface area contributed by atoms with Crippen molar-refractivity contribution in [3.63, 3.8) is 0 Å². The first kappa shape index (κ1) is 13.6. The second kappa shape index (κ2) is 5.58. The Kier molecular flexibility index (Phi) is 3.81. The molecule has 1 aliphatic heterocycles. The highest BCUT2D eigenvalue weighted by molar-refractivity contribution is 5.86. The monoisotopic (exact) mass is 279 g/mol. The number of carbonyl (C=O) groups is 1. The van der Waals surface area contributed by atoms with Crippen molar-refractivity contribution in [1.82, 2.24) is 4.90 Å². The van der Waals surface area contributed by atoms with E-state index in [0.29, 0.717) is 0 Å². The Morgan fingerprint density at radius 3 is 2.95 bits per heavy atom. The number of rotatable bonds is 3. The number of carbonyl (C=O) groups excluding carboxylic acids is 1. The Bertz CT molecular complexity index is 476. The van der Waals surface area contributed by atoms with Crippen molar-refractivity contribution in [3.8, 4) is 0 Å². The van der Waals surface area contributed by atoms with Gasteiger partial charge in [0.15, 0.2) is 0 Å². The molecule has 1 aliphatic carbocycles. The number of esters is 1. The first-order valence-electron chi connectivity index (χ1n) is 7.24. The summed E-state index contributed by atoms with van der Waals surface area (Å²) in [5.41, 5.74) is 0.0655. The predicted octanol–water partition coefficient (Wildman–Crippen LogP) is 2.21. The SMILES string of the molecule is COC(=O)c1ccc(CN2CCOC3(CCCC3)C2)o1. The van der Waals surface area contributed by atoms with Gasteiger partial charge in [0.1, 0.15) is 5.76 Å². The van der Waals surface area contributed by atoms with Gasteiger partial charge in [0.2, 0.25) is 5.76 Å². The highest BCUT2D eigenvalue weighted by Gasteiger charge is 2.39. The fourth-order valence-electron chi connectivity index (χ4n) is 3.27. The zero-order valence-corrected chi connectivity index (χ0v) is 11.9. The normalized spacial score (nSPS) is 22.2. The minimum absolute atomic E-state index is 0.0655. The predicted molar refractivity (Wildman–Crippen MR) is 72.5 cm³/mol. The third kappa shape index (κ3) is 2.74. The zero-order chi connectivity index (χ0) is 14.0. The molecule has 1 spiro atoms. The Morgan fingerprint density at radius 1 is 1.40 bits per heavy atom. The molecule has 0 radical (unpaired) electrons. The van der Waals surface area contributed by atoms with Crippen LogP contribution in [0.2, 0.25) is 0 Å². The number of hydrogen-bond donors (Lipinski definition) is 0. The molecule has 5 nitrogen and oxygen atoms in total. The van der Waals surface area contributed by atoms with E-state index >= 15 is 0 Å². The number of morpholine rings is 1. The quantitative estimate of drug-likeness (QED) is 0.794. The van der Waals surface area contributed by atoms with E-state index in [0.717, 1.165) is 44.8 Å². The Balaban J connectivity index is 1.62. The molecule has 5 heteroatoms. The largest absolute Gasteiger partial charge is 0.463 e. The molecule has 0 atom stereocenters. The maximum atomic E-state index is 11.4. The Hall–Kier alpha value is -1.33. The molecule has 0 amide bonds. The lowest BCUT2D eigenvalue weighted by Gasteiger charge is -2.40. The van der Waals surface area contributed by atoms with Gasteiger partial charge in [0.05, 0.1) is 25.9 Å². The highest BCUT2D eigenvalue weighted by atomic mass is 16.5. The van der Waals surface area contributed by atoms with E-state index in [1.807, 2.05) is 6.07 Å². The lowest BCUT2D eigenvalue weighted by atomic mass is 10.00. The van der Waals surface area contributed by atoms with Crippen molar-refractivity contribution in [2.24, 2.45) is 0 Å². The smallest absolute Gasteiger partial charge is 0.373 e. The summed E-state index contributed by atoms with van der Waals surface area (Å²) >= 11 is 0. The number of nitrogens with zero attached hydrogens (tertiary/aromatic N) is 1. The average molecular weight is 279 g/mol. The van der Waals surface area contributed by atoms with E-state index in [4.69, 9.17) is 9.15 Å². The van der Waals surface area contributed by atoms with Crippen molar-refractivity contribution in [2.75, 3.05) is 26.8 Å². The van der Waals surface area contributed by atoms with Gasteiger partial charge in [-0.15, -0.1) is 0 Å². The molecule has 0 N–H and O–H groups in total. The molecule has 0 unspecified atom stereocenters. The molecule has 0 bridgehead atoms. The van der Waals surface area contributed by atoms with Crippen LogP contribution in [0.1, 0.15) is 42.0 Å². The summed E-state index contributed by atoms with van der Waals surface area (Å²) in [6, 6.07) is 3.52. The summed E-state index contributed by atoms with van der Waals surface area (Å²) in [5.74, 6) is 0.650. The molecule has 3 rings (SSSR count). The molecular formula is C15H21NO4. The van der Waals surface area contributed by atoms with E-state index in [2.05, 4.69) is 9.64 Å². The van der Waals surface area contributed by atoms with Crippen LogP contribution < -0.4 is 0 Å². The second-order valence-electron chi connectivity index (χ2n) is 5.71. The van der Waals surface area contributed by atoms with Crippen LogP contribution in [0, 0.1) is 0 Å². The molecule has 2 fully saturated rings. The van der Waals surface area contributed by atoms with Gasteiger partial charge in [0, 0.05) is 13.1 Å². The summed E-state index contributed by atoms with van der Waals surface area (Å²) in [7, 11) is 1.36. The number of hydrogen-bond acceptors (Lipinski definition) is 5. The minimum Gasteiger partial charge on any atom is -0.463 e. The van der Waals surface area contributed by atoms with Crippen LogP contribution in [0.3, 0.4) is 0 Å². The molecular weight excluding hydrogens is 258 g/mol. The van der Waals surface area contributed by atoms with Gasteiger partial charge in [0.25, 0.3) is 0 Å². The third-order valence-electron chi connectivity index (χ3n) is 4.27. The van der Waals surface area contributed by atoms with Crippen molar-refractivity contribution in [1.29, 1.82) is 0 Å². The van der Waals surface area contributed by atoms with Crippen LogP contribution in [-0.2, 0) is 16.0 Å². The summed E-state index contributed by atoms with van der Waals surface area (Å²) in [6.07, 6.45) is 4.85. The molecule has 0 aromatic carbocycles. The van der Waals surface area contributed by atoms with E-state index in [1.165, 1.54) is 20.0 Å². The Morgan fingerprint density at radius 2 is 2.20 bits per heavy atom. The lowest BCUT2D eigenvalue weighted by Crippen LogP contribution is -2.49. The van der Waals surface area contributed by atoms with Crippen LogP contribution in [0.25, 0.3) is 0 Å². The standard InChI is InChI=1S/C15H21NO4/c1-18-14(17)13-5-4-12(20-13)10-16-8-9-19-15(11-16)6-2-3-7-15/h4-5H,2-3,6-11H2,1H3. The van der Waals surface area contributed by atoms with Crippen molar-refractivity contribution in [3.05, 3.63) is 23.7 Å². The molecule has 1 saturated carbocycles. The zero-order valence-electron chi connectivity index (χ0n) is 11.9. The molecule has 1 saturated heterocycles. The molecule has 20 heavy (non-hydrogen) atoms. The van der Waals surface area contributed by atoms with Crippen molar-refractivity contribution >= 4 is 5.97 Å². The van der Waals surface area contributed by atoms with E-state index in [1.54, 1.807) is 6.07 Å². The molecule has 110 valence electrons. The summed E-state index contributed by atoms with van der Waals surface area (Å²) < 4.78 is 16.2.